The SMILES string of the molecule is CNC(C)C(C(NC)N1C(=O)c2ccccc2C1=O)[N+](=O)[O-]. The molecule has 0 bridgehead atoms. The second-order valence-electron chi connectivity index (χ2n) is 5.11. The largest absolute Gasteiger partial charge is 0.311 e. The zero-order valence-electron chi connectivity index (χ0n) is 12.6. The number of nitrogens with zero attached hydrogens (tertiary/aromatic N) is 2. The van der Waals surface area contributed by atoms with Crippen molar-refractivity contribution in [1.82, 2.24) is 15.5 Å². The van der Waals surface area contributed by atoms with Crippen LogP contribution in [0.25, 0.3) is 0 Å². The number of hydrogen-bond donors (Lipinski definition) is 2. The lowest BCUT2D eigenvalue weighted by Gasteiger charge is -2.30. The van der Waals surface area contributed by atoms with Crippen molar-refractivity contribution < 1.29 is 14.5 Å². The van der Waals surface area contributed by atoms with Crippen LogP contribution in [0.4, 0.5) is 0 Å². The predicted octanol–water partition coefficient (Wildman–Crippen LogP) is 0.0813. The van der Waals surface area contributed by atoms with Crippen LogP contribution in [0.3, 0.4) is 0 Å². The van der Waals surface area contributed by atoms with Gasteiger partial charge in [0.15, 0.2) is 6.17 Å². The van der Waals surface area contributed by atoms with E-state index in [1.807, 2.05) is 0 Å². The number of nitro groups is 1. The molecule has 3 unspecified atom stereocenters. The zero-order valence-corrected chi connectivity index (χ0v) is 12.6. The summed E-state index contributed by atoms with van der Waals surface area (Å²) in [5, 5.41) is 17.0. The molecule has 8 heteroatoms. The Labute approximate surface area is 127 Å². The molecule has 3 atom stereocenters. The first-order valence-electron chi connectivity index (χ1n) is 6.89. The van der Waals surface area contributed by atoms with Crippen molar-refractivity contribution in [3.8, 4) is 0 Å². The lowest BCUT2D eigenvalue weighted by Crippen LogP contribution is -2.61. The monoisotopic (exact) mass is 306 g/mol. The molecule has 0 fully saturated rings. The van der Waals surface area contributed by atoms with Gasteiger partial charge < -0.3 is 5.32 Å². The molecule has 1 aromatic rings. The predicted molar refractivity (Wildman–Crippen MR) is 79.1 cm³/mol. The highest BCUT2D eigenvalue weighted by molar-refractivity contribution is 6.21. The number of carbonyl (C=O) groups is 2. The fraction of sp³-hybridized carbons (Fsp3) is 0.429. The Kier molecular flexibility index (Phi) is 4.53. The van der Waals surface area contributed by atoms with E-state index in [2.05, 4.69) is 10.6 Å². The minimum absolute atomic E-state index is 0.270. The van der Waals surface area contributed by atoms with Gasteiger partial charge in [0.05, 0.1) is 17.2 Å². The zero-order chi connectivity index (χ0) is 16.4. The number of carbonyl (C=O) groups excluding carboxylic acids is 2. The molecule has 2 rings (SSSR count). The van der Waals surface area contributed by atoms with Gasteiger partial charge >= 0.3 is 0 Å². The second-order valence-corrected chi connectivity index (χ2v) is 5.11. The Morgan fingerprint density at radius 2 is 1.59 bits per heavy atom. The lowest BCUT2D eigenvalue weighted by atomic mass is 10.1. The number of imide groups is 1. The van der Waals surface area contributed by atoms with Crippen LogP contribution in [-0.4, -0.2) is 54.0 Å². The van der Waals surface area contributed by atoms with Crippen LogP contribution in [0.15, 0.2) is 24.3 Å². The van der Waals surface area contributed by atoms with E-state index >= 15 is 0 Å². The molecule has 0 saturated heterocycles. The van der Waals surface area contributed by atoms with Crippen molar-refractivity contribution in [2.75, 3.05) is 14.1 Å². The van der Waals surface area contributed by atoms with Crippen LogP contribution in [0.1, 0.15) is 27.6 Å². The summed E-state index contributed by atoms with van der Waals surface area (Å²) < 4.78 is 0. The molecule has 2 N–H and O–H groups in total. The van der Waals surface area contributed by atoms with E-state index < -0.39 is 35.0 Å². The van der Waals surface area contributed by atoms with Gasteiger partial charge in [0.2, 0.25) is 0 Å². The van der Waals surface area contributed by atoms with Crippen molar-refractivity contribution in [2.24, 2.45) is 0 Å². The first-order valence-corrected chi connectivity index (χ1v) is 6.89. The van der Waals surface area contributed by atoms with E-state index in [1.54, 1.807) is 38.2 Å². The van der Waals surface area contributed by atoms with Gasteiger partial charge in [-0.1, -0.05) is 12.1 Å². The maximum atomic E-state index is 12.5. The molecule has 0 aliphatic carbocycles. The maximum Gasteiger partial charge on any atom is 0.263 e. The molecule has 8 nitrogen and oxygen atoms in total. The minimum Gasteiger partial charge on any atom is -0.311 e. The summed E-state index contributed by atoms with van der Waals surface area (Å²) in [6.07, 6.45) is -1.04. The molecular weight excluding hydrogens is 288 g/mol. The Bertz CT molecular complexity index is 584. The summed E-state index contributed by atoms with van der Waals surface area (Å²) in [6, 6.07) is 4.70. The fourth-order valence-corrected chi connectivity index (χ4v) is 2.66. The van der Waals surface area contributed by atoms with Gasteiger partial charge in [-0.05, 0) is 33.2 Å². The number of fused-ring (bicyclic) bond motifs is 1. The highest BCUT2D eigenvalue weighted by Gasteiger charge is 2.47. The summed E-state index contributed by atoms with van der Waals surface area (Å²) >= 11 is 0. The molecule has 0 aromatic heterocycles. The highest BCUT2D eigenvalue weighted by atomic mass is 16.6. The van der Waals surface area contributed by atoms with Crippen molar-refractivity contribution >= 4 is 11.8 Å². The maximum absolute atomic E-state index is 12.5. The number of likely N-dealkylation sites (N-methyl/N-ethyl adjacent to an activating group) is 2. The lowest BCUT2D eigenvalue weighted by molar-refractivity contribution is -0.533. The van der Waals surface area contributed by atoms with E-state index in [1.165, 1.54) is 7.05 Å². The van der Waals surface area contributed by atoms with Crippen molar-refractivity contribution in [3.63, 3.8) is 0 Å². The van der Waals surface area contributed by atoms with Crippen LogP contribution in [0.2, 0.25) is 0 Å². The van der Waals surface area contributed by atoms with Gasteiger partial charge in [0, 0.05) is 4.92 Å². The molecule has 118 valence electrons. The standard InChI is InChI=1S/C14H18N4O4/c1-8(15-2)11(18(21)22)12(16-3)17-13(19)9-6-4-5-7-10(9)14(17)20/h4-8,11-12,15-16H,1-3H3. The third kappa shape index (κ3) is 2.46. The number of amides is 2. The van der Waals surface area contributed by atoms with Crippen LogP contribution in [0.5, 0.6) is 0 Å². The molecule has 2 amide bonds. The average molecular weight is 306 g/mol. The summed E-state index contributed by atoms with van der Waals surface area (Å²) in [5.74, 6) is -1.04. The van der Waals surface area contributed by atoms with Gasteiger partial charge in [0.25, 0.3) is 17.9 Å². The normalized spacial score (nSPS) is 18.0. The molecule has 1 aliphatic heterocycles. The molecule has 1 heterocycles. The van der Waals surface area contributed by atoms with E-state index in [4.69, 9.17) is 0 Å². The molecule has 1 aromatic carbocycles. The third-order valence-corrected chi connectivity index (χ3v) is 3.93. The molecule has 0 radical (unpaired) electrons. The topological polar surface area (TPSA) is 105 Å². The van der Waals surface area contributed by atoms with E-state index in [-0.39, 0.29) is 11.1 Å². The number of rotatable bonds is 6. The first-order chi connectivity index (χ1) is 10.4. The molecular formula is C14H18N4O4. The summed E-state index contributed by atoms with van der Waals surface area (Å²) in [6.45, 7) is 1.63. The Morgan fingerprint density at radius 3 is 1.95 bits per heavy atom. The molecule has 0 spiro atoms. The third-order valence-electron chi connectivity index (χ3n) is 3.93. The van der Waals surface area contributed by atoms with Gasteiger partial charge in [-0.15, -0.1) is 0 Å². The van der Waals surface area contributed by atoms with Crippen molar-refractivity contribution in [2.45, 2.75) is 25.2 Å². The van der Waals surface area contributed by atoms with Gasteiger partial charge in [-0.2, -0.15) is 0 Å². The Morgan fingerprint density at radius 1 is 1.09 bits per heavy atom. The minimum atomic E-state index is -1.17. The van der Waals surface area contributed by atoms with E-state index in [0.717, 1.165) is 4.90 Å². The summed E-state index contributed by atoms with van der Waals surface area (Å²) in [7, 11) is 3.09. The first kappa shape index (κ1) is 16.1. The molecule has 0 saturated carbocycles. The van der Waals surface area contributed by atoms with Crippen LogP contribution in [-0.2, 0) is 0 Å². The van der Waals surface area contributed by atoms with Crippen LogP contribution in [0, 0.1) is 10.1 Å². The Hall–Kier alpha value is -2.32. The van der Waals surface area contributed by atoms with Gasteiger partial charge in [-0.25, -0.2) is 0 Å². The molecule has 22 heavy (non-hydrogen) atoms. The second kappa shape index (κ2) is 6.20. The van der Waals surface area contributed by atoms with Crippen LogP contribution < -0.4 is 10.6 Å². The fourth-order valence-electron chi connectivity index (χ4n) is 2.66. The van der Waals surface area contributed by atoms with Crippen molar-refractivity contribution in [3.05, 3.63) is 45.5 Å². The number of nitrogens with one attached hydrogen (secondary N) is 2. The summed E-state index contributed by atoms with van der Waals surface area (Å²) in [5.41, 5.74) is 0.541. The van der Waals surface area contributed by atoms with Crippen LogP contribution >= 0.6 is 0 Å². The smallest absolute Gasteiger partial charge is 0.263 e. The van der Waals surface area contributed by atoms with Gasteiger partial charge in [0.1, 0.15) is 0 Å². The average Bonchev–Trinajstić information content (AvgIpc) is 2.76. The van der Waals surface area contributed by atoms with E-state index in [0.29, 0.717) is 0 Å². The van der Waals surface area contributed by atoms with Crippen molar-refractivity contribution in [1.29, 1.82) is 0 Å². The Balaban J connectivity index is 2.42. The molecule has 1 aliphatic rings. The quantitative estimate of drug-likeness (QED) is 0.438. The van der Waals surface area contributed by atoms with E-state index in [9.17, 15) is 19.7 Å². The summed E-state index contributed by atoms with van der Waals surface area (Å²) in [4.78, 5) is 36.8. The van der Waals surface area contributed by atoms with Gasteiger partial charge in [-0.3, -0.25) is 29.9 Å². The number of hydrogen-bond acceptors (Lipinski definition) is 6. The highest BCUT2D eigenvalue weighted by Crippen LogP contribution is 2.25. The number of benzene rings is 1.